The molecule has 2 nitrogen and oxygen atoms in total. The maximum atomic E-state index is 9.98. The molecule has 2 heteroatoms. The minimum atomic E-state index is 0.0544. The predicted molar refractivity (Wildman–Crippen MR) is 84.7 cm³/mol. The zero-order valence-electron chi connectivity index (χ0n) is 12.2. The van der Waals surface area contributed by atoms with Crippen LogP contribution in [0.15, 0.2) is 42.5 Å². The maximum Gasteiger partial charge on any atom is 0.115 e. The van der Waals surface area contributed by atoms with Gasteiger partial charge in [0.05, 0.1) is 0 Å². The van der Waals surface area contributed by atoms with E-state index >= 15 is 0 Å². The lowest BCUT2D eigenvalue weighted by Gasteiger charge is -2.49. The van der Waals surface area contributed by atoms with E-state index in [1.165, 1.54) is 35.1 Å². The quantitative estimate of drug-likeness (QED) is 0.900. The third kappa shape index (κ3) is 1.69. The number of hydrogen-bond donors (Lipinski definition) is 2. The van der Waals surface area contributed by atoms with Crippen LogP contribution in [0.5, 0.6) is 5.75 Å². The molecule has 0 saturated heterocycles. The zero-order chi connectivity index (χ0) is 14.4. The Kier molecular flexibility index (Phi) is 2.83. The van der Waals surface area contributed by atoms with Gasteiger partial charge in [0.1, 0.15) is 5.75 Å². The van der Waals surface area contributed by atoms with Gasteiger partial charge >= 0.3 is 0 Å². The number of nitrogens with two attached hydrogens (primary N) is 1. The summed E-state index contributed by atoms with van der Waals surface area (Å²) in [6.45, 7) is 0.724. The van der Waals surface area contributed by atoms with Crippen LogP contribution in [0.2, 0.25) is 0 Å². The molecule has 2 aromatic carbocycles. The molecule has 0 aliphatic heterocycles. The normalized spacial score (nSPS) is 25.5. The molecule has 0 spiro atoms. The third-order valence-corrected chi connectivity index (χ3v) is 5.45. The second kappa shape index (κ2) is 4.60. The molecule has 2 bridgehead atoms. The topological polar surface area (TPSA) is 46.2 Å². The van der Waals surface area contributed by atoms with Crippen LogP contribution in [0, 0.1) is 0 Å². The molecule has 0 fully saturated rings. The Morgan fingerprint density at radius 3 is 2.76 bits per heavy atom. The van der Waals surface area contributed by atoms with Crippen LogP contribution < -0.4 is 5.73 Å². The average Bonchev–Trinajstić information content (AvgIpc) is 2.53. The lowest BCUT2D eigenvalue weighted by Crippen LogP contribution is -2.40. The second-order valence-electron chi connectivity index (χ2n) is 6.42. The number of fused-ring (bicyclic) bond motifs is 1. The average molecular weight is 279 g/mol. The van der Waals surface area contributed by atoms with E-state index in [4.69, 9.17) is 5.73 Å². The summed E-state index contributed by atoms with van der Waals surface area (Å²) >= 11 is 0. The fourth-order valence-electron chi connectivity index (χ4n) is 4.58. The van der Waals surface area contributed by atoms with Crippen LogP contribution in [-0.4, -0.2) is 11.7 Å². The fraction of sp³-hybridized carbons (Fsp3) is 0.368. The largest absolute Gasteiger partial charge is 0.508 e. The van der Waals surface area contributed by atoms with Crippen molar-refractivity contribution in [2.75, 3.05) is 6.54 Å². The van der Waals surface area contributed by atoms with Gasteiger partial charge in [-0.2, -0.15) is 0 Å². The van der Waals surface area contributed by atoms with Crippen molar-refractivity contribution in [1.29, 1.82) is 0 Å². The van der Waals surface area contributed by atoms with Crippen molar-refractivity contribution in [3.63, 3.8) is 0 Å². The minimum Gasteiger partial charge on any atom is -0.508 e. The number of benzene rings is 2. The van der Waals surface area contributed by atoms with E-state index in [0.29, 0.717) is 11.7 Å². The molecule has 0 heterocycles. The Labute approximate surface area is 125 Å². The van der Waals surface area contributed by atoms with Crippen molar-refractivity contribution in [2.24, 2.45) is 5.73 Å². The Balaban J connectivity index is 1.98. The number of phenolic OH excluding ortho intramolecular Hbond substituents is 1. The lowest BCUT2D eigenvalue weighted by atomic mass is 9.54. The van der Waals surface area contributed by atoms with Crippen LogP contribution in [-0.2, 0) is 5.41 Å². The third-order valence-electron chi connectivity index (χ3n) is 5.45. The van der Waals surface area contributed by atoms with Crippen LogP contribution in [0.25, 0.3) is 0 Å². The highest BCUT2D eigenvalue weighted by Crippen LogP contribution is 2.58. The number of rotatable bonds is 3. The molecule has 2 unspecified atom stereocenters. The van der Waals surface area contributed by atoms with Gasteiger partial charge in [-0.05, 0) is 66.6 Å². The van der Waals surface area contributed by atoms with Gasteiger partial charge in [-0.1, -0.05) is 30.3 Å². The van der Waals surface area contributed by atoms with Gasteiger partial charge in [0.25, 0.3) is 0 Å². The summed E-state index contributed by atoms with van der Waals surface area (Å²) in [5, 5.41) is 9.98. The molecule has 2 aromatic rings. The first-order chi connectivity index (χ1) is 10.3. The second-order valence-corrected chi connectivity index (χ2v) is 6.42. The fourth-order valence-corrected chi connectivity index (χ4v) is 4.58. The highest BCUT2D eigenvalue weighted by Gasteiger charge is 2.47. The molecule has 0 aromatic heterocycles. The first-order valence-corrected chi connectivity index (χ1v) is 7.89. The summed E-state index contributed by atoms with van der Waals surface area (Å²) in [7, 11) is 0. The van der Waals surface area contributed by atoms with Crippen molar-refractivity contribution in [3.05, 3.63) is 64.7 Å². The van der Waals surface area contributed by atoms with Gasteiger partial charge in [0, 0.05) is 11.3 Å². The van der Waals surface area contributed by atoms with Gasteiger partial charge in [-0.3, -0.25) is 0 Å². The highest BCUT2D eigenvalue weighted by molar-refractivity contribution is 5.60. The Morgan fingerprint density at radius 2 is 1.90 bits per heavy atom. The lowest BCUT2D eigenvalue weighted by molar-refractivity contribution is 0.342. The molecule has 0 radical (unpaired) electrons. The van der Waals surface area contributed by atoms with E-state index in [0.717, 1.165) is 19.4 Å². The standard InChI is InChI=1S/C19H21NO/c20-11-3-9-19-10-8-14(15-4-1-2-5-17(15)19)16-7-6-13(21)12-18(16)19/h1-2,4-7,12,14,21H,3,8-11,20H2. The van der Waals surface area contributed by atoms with Crippen molar-refractivity contribution in [3.8, 4) is 5.75 Å². The zero-order valence-corrected chi connectivity index (χ0v) is 12.2. The molecule has 108 valence electrons. The molecule has 3 aliphatic rings. The highest BCUT2D eigenvalue weighted by atomic mass is 16.3. The van der Waals surface area contributed by atoms with E-state index < -0.39 is 0 Å². The first-order valence-electron chi connectivity index (χ1n) is 7.89. The summed E-state index contributed by atoms with van der Waals surface area (Å²) in [4.78, 5) is 0. The maximum absolute atomic E-state index is 9.98. The SMILES string of the molecule is NCCCC12CCC(c3ccccc31)c1ccc(O)cc12. The smallest absolute Gasteiger partial charge is 0.115 e. The van der Waals surface area contributed by atoms with Crippen LogP contribution >= 0.6 is 0 Å². The van der Waals surface area contributed by atoms with E-state index in [-0.39, 0.29) is 5.41 Å². The summed E-state index contributed by atoms with van der Waals surface area (Å²) in [6.07, 6.45) is 4.47. The summed E-state index contributed by atoms with van der Waals surface area (Å²) in [5.74, 6) is 0.877. The Bertz CT molecular complexity index is 694. The summed E-state index contributed by atoms with van der Waals surface area (Å²) < 4.78 is 0. The minimum absolute atomic E-state index is 0.0544. The number of aromatic hydroxyl groups is 1. The van der Waals surface area contributed by atoms with Gasteiger partial charge in [-0.15, -0.1) is 0 Å². The van der Waals surface area contributed by atoms with E-state index in [1.807, 2.05) is 12.1 Å². The molecule has 3 N–H and O–H groups in total. The van der Waals surface area contributed by atoms with Crippen LogP contribution in [0.1, 0.15) is 53.9 Å². The Hall–Kier alpha value is -1.80. The van der Waals surface area contributed by atoms with Crippen LogP contribution in [0.4, 0.5) is 0 Å². The van der Waals surface area contributed by atoms with Gasteiger partial charge in [0.2, 0.25) is 0 Å². The van der Waals surface area contributed by atoms with Gasteiger partial charge < -0.3 is 10.8 Å². The van der Waals surface area contributed by atoms with E-state index in [9.17, 15) is 5.11 Å². The molecular weight excluding hydrogens is 258 g/mol. The summed E-state index contributed by atoms with van der Waals surface area (Å²) in [6, 6.07) is 14.8. The van der Waals surface area contributed by atoms with Gasteiger partial charge in [0.15, 0.2) is 0 Å². The molecule has 3 aliphatic carbocycles. The van der Waals surface area contributed by atoms with Crippen molar-refractivity contribution >= 4 is 0 Å². The molecule has 2 atom stereocenters. The van der Waals surface area contributed by atoms with E-state index in [1.54, 1.807) is 0 Å². The molecular formula is C19H21NO. The first kappa shape index (κ1) is 12.9. The molecule has 0 amide bonds. The van der Waals surface area contributed by atoms with Crippen molar-refractivity contribution in [1.82, 2.24) is 0 Å². The molecule has 21 heavy (non-hydrogen) atoms. The Morgan fingerprint density at radius 1 is 1.10 bits per heavy atom. The predicted octanol–water partition coefficient (Wildman–Crippen LogP) is 3.66. The number of hydrogen-bond acceptors (Lipinski definition) is 2. The van der Waals surface area contributed by atoms with Crippen LogP contribution in [0.3, 0.4) is 0 Å². The van der Waals surface area contributed by atoms with Gasteiger partial charge in [-0.25, -0.2) is 0 Å². The van der Waals surface area contributed by atoms with Crippen molar-refractivity contribution < 1.29 is 5.11 Å². The monoisotopic (exact) mass is 279 g/mol. The molecule has 0 saturated carbocycles. The van der Waals surface area contributed by atoms with E-state index in [2.05, 4.69) is 30.3 Å². The molecule has 5 rings (SSSR count). The number of phenols is 1. The summed E-state index contributed by atoms with van der Waals surface area (Å²) in [5.41, 5.74) is 11.5. The van der Waals surface area contributed by atoms with Crippen molar-refractivity contribution in [2.45, 2.75) is 37.0 Å².